The first-order chi connectivity index (χ1) is 12.3. The van der Waals surface area contributed by atoms with Crippen LogP contribution in [0.2, 0.25) is 0 Å². The summed E-state index contributed by atoms with van der Waals surface area (Å²) in [7, 11) is 1.65. The summed E-state index contributed by atoms with van der Waals surface area (Å²) in [6.07, 6.45) is 1.02. The maximum atomic E-state index is 12.3. The van der Waals surface area contributed by atoms with Gasteiger partial charge in [0.15, 0.2) is 0 Å². The Hall–Kier alpha value is -3.10. The highest BCUT2D eigenvalue weighted by Gasteiger charge is 2.40. The monoisotopic (exact) mass is 357 g/mol. The summed E-state index contributed by atoms with van der Waals surface area (Å²) < 4.78 is 0. The Kier molecular flexibility index (Phi) is 4.79. The number of nitrogens with two attached hydrogens (primary N) is 1. The summed E-state index contributed by atoms with van der Waals surface area (Å²) >= 11 is 0. The first-order valence-electron chi connectivity index (χ1n) is 8.44. The van der Waals surface area contributed by atoms with Gasteiger partial charge in [0.2, 0.25) is 11.9 Å². The molecule has 3 rings (SSSR count). The van der Waals surface area contributed by atoms with Gasteiger partial charge in [-0.2, -0.15) is 4.98 Å². The zero-order valence-electron chi connectivity index (χ0n) is 15.1. The zero-order chi connectivity index (χ0) is 18.8. The lowest BCUT2D eigenvalue weighted by molar-refractivity contribution is -0.116. The molecule has 1 saturated carbocycles. The minimum atomic E-state index is -0.285. The third-order valence-corrected chi connectivity index (χ3v) is 4.42. The topological polar surface area (TPSA) is 120 Å². The van der Waals surface area contributed by atoms with Gasteiger partial charge in [-0.1, -0.05) is 6.92 Å². The number of carbonyl (C=O) groups excluding carboxylic acids is 2. The molecule has 1 aromatic heterocycles. The van der Waals surface area contributed by atoms with Gasteiger partial charge in [0.25, 0.3) is 0 Å². The Bertz CT molecular complexity index is 802. The largest absolute Gasteiger partial charge is 0.367 e. The van der Waals surface area contributed by atoms with Crippen molar-refractivity contribution in [2.45, 2.75) is 32.9 Å². The number of carbonyl (C=O) groups is 2. The van der Waals surface area contributed by atoms with E-state index in [4.69, 9.17) is 5.73 Å². The van der Waals surface area contributed by atoms with Crippen molar-refractivity contribution in [2.24, 2.45) is 5.92 Å². The fourth-order valence-electron chi connectivity index (χ4n) is 2.87. The molecule has 4 N–H and O–H groups in total. The van der Waals surface area contributed by atoms with E-state index in [-0.39, 0.29) is 30.5 Å². The minimum Gasteiger partial charge on any atom is -0.367 e. The number of anilines is 3. The van der Waals surface area contributed by atoms with Crippen LogP contribution in [-0.2, 0) is 11.3 Å². The minimum absolute atomic E-state index is 0.0298. The third kappa shape index (κ3) is 3.93. The summed E-state index contributed by atoms with van der Waals surface area (Å²) in [4.78, 5) is 31.4. The van der Waals surface area contributed by atoms with Crippen LogP contribution in [-0.4, -0.2) is 45.1 Å². The molecule has 9 nitrogen and oxygen atoms in total. The average Bonchev–Trinajstić information content (AvgIpc) is 3.14. The van der Waals surface area contributed by atoms with Crippen LogP contribution in [0.3, 0.4) is 0 Å². The molecule has 138 valence electrons. The van der Waals surface area contributed by atoms with E-state index in [1.165, 1.54) is 4.90 Å². The number of urea groups is 1. The van der Waals surface area contributed by atoms with E-state index in [2.05, 4.69) is 27.4 Å². The molecule has 9 heteroatoms. The summed E-state index contributed by atoms with van der Waals surface area (Å²) in [6.45, 7) is 3.96. The molecule has 2 atom stereocenters. The van der Waals surface area contributed by atoms with E-state index in [1.54, 1.807) is 26.1 Å². The van der Waals surface area contributed by atoms with E-state index in [1.807, 2.05) is 17.0 Å². The second-order valence-corrected chi connectivity index (χ2v) is 6.64. The maximum absolute atomic E-state index is 12.3. The predicted molar refractivity (Wildman–Crippen MR) is 98.5 cm³/mol. The molecular weight excluding hydrogens is 334 g/mol. The van der Waals surface area contributed by atoms with Crippen molar-refractivity contribution in [3.63, 3.8) is 0 Å². The SMILES string of the molecule is CC(=O)N(c1ccc(NC(=O)N(C)Cc2nc(N)n[nH]2)cc1)C1CC1C. The van der Waals surface area contributed by atoms with Gasteiger partial charge in [-0.15, -0.1) is 5.10 Å². The molecular formula is C17H23N7O2. The molecule has 0 spiro atoms. The highest BCUT2D eigenvalue weighted by Crippen LogP contribution is 2.38. The molecule has 1 fully saturated rings. The van der Waals surface area contributed by atoms with Gasteiger partial charge in [0.1, 0.15) is 5.82 Å². The van der Waals surface area contributed by atoms with Gasteiger partial charge >= 0.3 is 6.03 Å². The predicted octanol–water partition coefficient (Wildman–Crippen LogP) is 1.81. The van der Waals surface area contributed by atoms with Crippen molar-refractivity contribution in [2.75, 3.05) is 23.0 Å². The highest BCUT2D eigenvalue weighted by molar-refractivity contribution is 5.94. The highest BCUT2D eigenvalue weighted by atomic mass is 16.2. The van der Waals surface area contributed by atoms with Crippen molar-refractivity contribution in [3.8, 4) is 0 Å². The van der Waals surface area contributed by atoms with E-state index in [9.17, 15) is 9.59 Å². The van der Waals surface area contributed by atoms with Crippen LogP contribution in [0.15, 0.2) is 24.3 Å². The zero-order valence-corrected chi connectivity index (χ0v) is 15.1. The number of aromatic nitrogens is 3. The number of amides is 3. The van der Waals surface area contributed by atoms with Crippen LogP contribution in [0.4, 0.5) is 22.1 Å². The summed E-state index contributed by atoms with van der Waals surface area (Å²) in [6, 6.07) is 7.26. The second kappa shape index (κ2) is 7.03. The maximum Gasteiger partial charge on any atom is 0.321 e. The number of hydrogen-bond acceptors (Lipinski definition) is 5. The molecule has 2 aromatic rings. The number of hydrogen-bond donors (Lipinski definition) is 3. The molecule has 0 aliphatic heterocycles. The molecule has 3 amide bonds. The van der Waals surface area contributed by atoms with Gasteiger partial charge < -0.3 is 20.9 Å². The van der Waals surface area contributed by atoms with Crippen molar-refractivity contribution in [1.29, 1.82) is 0 Å². The van der Waals surface area contributed by atoms with Crippen molar-refractivity contribution >= 4 is 29.3 Å². The van der Waals surface area contributed by atoms with E-state index >= 15 is 0 Å². The van der Waals surface area contributed by atoms with Crippen LogP contribution < -0.4 is 16.0 Å². The van der Waals surface area contributed by atoms with Crippen molar-refractivity contribution in [3.05, 3.63) is 30.1 Å². The van der Waals surface area contributed by atoms with Crippen LogP contribution in [0.5, 0.6) is 0 Å². The van der Waals surface area contributed by atoms with E-state index in [0.29, 0.717) is 17.4 Å². The first kappa shape index (κ1) is 17.7. The number of aromatic amines is 1. The Morgan fingerprint density at radius 1 is 1.35 bits per heavy atom. The molecule has 1 aromatic carbocycles. The molecule has 2 unspecified atom stereocenters. The third-order valence-electron chi connectivity index (χ3n) is 4.42. The fraction of sp³-hybridized carbons (Fsp3) is 0.412. The Morgan fingerprint density at radius 3 is 2.50 bits per heavy atom. The first-order valence-corrected chi connectivity index (χ1v) is 8.44. The molecule has 0 saturated heterocycles. The Morgan fingerprint density at radius 2 is 2.00 bits per heavy atom. The second-order valence-electron chi connectivity index (χ2n) is 6.64. The molecule has 26 heavy (non-hydrogen) atoms. The molecule has 1 aliphatic carbocycles. The molecule has 1 heterocycles. The van der Waals surface area contributed by atoms with Gasteiger partial charge in [0.05, 0.1) is 6.54 Å². The standard InChI is InChI=1S/C17H23N7O2/c1-10-8-14(10)24(11(2)25)13-6-4-12(5-7-13)19-17(26)23(3)9-15-20-16(18)22-21-15/h4-7,10,14H,8-9H2,1-3H3,(H,19,26)(H3,18,20,21,22). The number of benzene rings is 1. The van der Waals surface area contributed by atoms with Gasteiger partial charge in [-0.3, -0.25) is 9.89 Å². The summed E-state index contributed by atoms with van der Waals surface area (Å²) in [5.41, 5.74) is 6.94. The average molecular weight is 357 g/mol. The fourth-order valence-corrected chi connectivity index (χ4v) is 2.87. The Labute approximate surface area is 151 Å². The number of nitrogens with zero attached hydrogens (tertiary/aromatic N) is 4. The van der Waals surface area contributed by atoms with E-state index in [0.717, 1.165) is 12.1 Å². The number of nitrogen functional groups attached to an aromatic ring is 1. The van der Waals surface area contributed by atoms with Gasteiger partial charge in [0, 0.05) is 31.4 Å². The van der Waals surface area contributed by atoms with Crippen LogP contribution >= 0.6 is 0 Å². The van der Waals surface area contributed by atoms with Gasteiger partial charge in [-0.05, 0) is 36.6 Å². The lowest BCUT2D eigenvalue weighted by Crippen LogP contribution is -2.32. The number of rotatable bonds is 5. The van der Waals surface area contributed by atoms with Crippen molar-refractivity contribution < 1.29 is 9.59 Å². The number of H-pyrrole nitrogens is 1. The lowest BCUT2D eigenvalue weighted by Gasteiger charge is -2.22. The summed E-state index contributed by atoms with van der Waals surface area (Å²) in [5, 5.41) is 9.20. The quantitative estimate of drug-likeness (QED) is 0.754. The van der Waals surface area contributed by atoms with Crippen LogP contribution in [0, 0.1) is 5.92 Å². The van der Waals surface area contributed by atoms with Crippen molar-refractivity contribution in [1.82, 2.24) is 20.1 Å². The molecule has 1 aliphatic rings. The van der Waals surface area contributed by atoms with Crippen LogP contribution in [0.1, 0.15) is 26.1 Å². The van der Waals surface area contributed by atoms with Crippen LogP contribution in [0.25, 0.3) is 0 Å². The smallest absolute Gasteiger partial charge is 0.321 e. The Balaban J connectivity index is 1.61. The van der Waals surface area contributed by atoms with Gasteiger partial charge in [-0.25, -0.2) is 4.79 Å². The lowest BCUT2D eigenvalue weighted by atomic mass is 10.2. The summed E-state index contributed by atoms with van der Waals surface area (Å²) in [5.74, 6) is 1.20. The van der Waals surface area contributed by atoms with E-state index < -0.39 is 0 Å². The molecule has 0 bridgehead atoms. The number of nitrogens with one attached hydrogen (secondary N) is 2. The molecule has 0 radical (unpaired) electrons. The normalized spacial score (nSPS) is 18.3.